The van der Waals surface area contributed by atoms with Crippen molar-refractivity contribution in [2.24, 2.45) is 0 Å². The van der Waals surface area contributed by atoms with E-state index in [2.05, 4.69) is 9.72 Å². The molecule has 0 spiro atoms. The van der Waals surface area contributed by atoms with Crippen LogP contribution in [-0.2, 0) is 4.74 Å². The van der Waals surface area contributed by atoms with Gasteiger partial charge in [-0.3, -0.25) is 0 Å². The molecule has 1 N–H and O–H groups in total. The van der Waals surface area contributed by atoms with Crippen molar-refractivity contribution in [1.29, 1.82) is 0 Å². The average Bonchev–Trinajstić information content (AvgIpc) is 2.63. The lowest BCUT2D eigenvalue weighted by atomic mass is 9.93. The lowest BCUT2D eigenvalue weighted by Crippen LogP contribution is -2.00. The molecule has 0 fully saturated rings. The van der Waals surface area contributed by atoms with Gasteiger partial charge in [-0.25, -0.2) is 4.79 Å². The van der Waals surface area contributed by atoms with Crippen molar-refractivity contribution in [2.75, 3.05) is 7.11 Å². The summed E-state index contributed by atoms with van der Waals surface area (Å²) in [7, 11) is 1.38. The van der Waals surface area contributed by atoms with Gasteiger partial charge in [0.1, 0.15) is 0 Å². The van der Waals surface area contributed by atoms with Crippen molar-refractivity contribution in [3.05, 3.63) is 36.0 Å². The molecule has 1 aromatic heterocycles. The first-order chi connectivity index (χ1) is 6.31. The Morgan fingerprint density at radius 1 is 1.38 bits per heavy atom. The first-order valence-corrected chi connectivity index (χ1v) is 3.97. The Bertz CT molecular complexity index is 445. The van der Waals surface area contributed by atoms with E-state index in [9.17, 15) is 4.79 Å². The number of ether oxygens (including phenoxy) is 1. The molecule has 0 aliphatic carbocycles. The van der Waals surface area contributed by atoms with E-state index in [1.54, 1.807) is 12.1 Å². The van der Waals surface area contributed by atoms with Crippen molar-refractivity contribution in [2.45, 2.75) is 0 Å². The molecule has 2 aromatic rings. The summed E-state index contributed by atoms with van der Waals surface area (Å²) >= 11 is 0. The first-order valence-electron chi connectivity index (χ1n) is 3.97. The molecule has 0 atom stereocenters. The highest BCUT2D eigenvalue weighted by atomic mass is 16.5. The molecular formula is C10H9NO2. The van der Waals surface area contributed by atoms with Gasteiger partial charge in [0, 0.05) is 17.1 Å². The Morgan fingerprint density at radius 2 is 2.23 bits per heavy atom. The molecule has 0 radical (unpaired) electrons. The molecule has 0 bridgehead atoms. The maximum Gasteiger partial charge on any atom is 0.337 e. The monoisotopic (exact) mass is 174 g/mol. The summed E-state index contributed by atoms with van der Waals surface area (Å²) in [6.07, 6.45) is 1.84. The summed E-state index contributed by atoms with van der Waals surface area (Å²) in [5, 5.41) is 1.02. The third-order valence-electron chi connectivity index (χ3n) is 1.97. The highest BCUT2D eigenvalue weighted by Gasteiger charge is 2.05. The minimum atomic E-state index is -0.303. The molecule has 0 saturated heterocycles. The zero-order chi connectivity index (χ0) is 9.26. The number of aromatic nitrogens is 1. The first kappa shape index (κ1) is 7.86. The Morgan fingerprint density at radius 3 is 3.00 bits per heavy atom. The van der Waals surface area contributed by atoms with Gasteiger partial charge in [-0.15, -0.1) is 0 Å². The maximum atomic E-state index is 11.1. The highest BCUT2D eigenvalue weighted by molar-refractivity contribution is 5.94. The van der Waals surface area contributed by atoms with Crippen LogP contribution in [0.3, 0.4) is 0 Å². The molecule has 66 valence electrons. The van der Waals surface area contributed by atoms with Crippen LogP contribution in [0.25, 0.3) is 10.9 Å². The van der Waals surface area contributed by atoms with E-state index in [-0.39, 0.29) is 5.97 Å². The molecule has 3 heteroatoms. The Labute approximate surface area is 75.3 Å². The zero-order valence-electron chi connectivity index (χ0n) is 7.20. The van der Waals surface area contributed by atoms with E-state index in [1.807, 2.05) is 18.3 Å². The second-order valence-corrected chi connectivity index (χ2v) is 2.77. The van der Waals surface area contributed by atoms with Crippen LogP contribution in [0.15, 0.2) is 30.5 Å². The van der Waals surface area contributed by atoms with Crippen LogP contribution in [-0.4, -0.2) is 18.1 Å². The minimum Gasteiger partial charge on any atom is -0.465 e. The number of hydrogen-bond donors (Lipinski definition) is 1. The molecule has 3 nitrogen and oxygen atoms in total. The standard InChI is InChI=1S/C10H9NO2/c1-13-10(12)8-2-3-9-7(6-8)4-5-11-9/h2-6,11H,1H3/i10-1. The molecule has 0 unspecified atom stereocenters. The van der Waals surface area contributed by atoms with Gasteiger partial charge in [0.05, 0.1) is 12.7 Å². The third-order valence-corrected chi connectivity index (χ3v) is 1.97. The number of H-pyrrole nitrogens is 1. The Kier molecular flexibility index (Phi) is 1.77. The third kappa shape index (κ3) is 1.28. The zero-order valence-corrected chi connectivity index (χ0v) is 7.20. The fourth-order valence-corrected chi connectivity index (χ4v) is 1.30. The largest absolute Gasteiger partial charge is 0.465 e. The van der Waals surface area contributed by atoms with Crippen LogP contribution < -0.4 is 0 Å². The number of carbonyl (C=O) groups excluding carboxylic acids is 1. The normalized spacial score (nSPS) is 10.2. The SMILES string of the molecule is CO[11C](=O)c1ccc2[nH]ccc2c1. The summed E-state index contributed by atoms with van der Waals surface area (Å²) in [6, 6.07) is 7.33. The van der Waals surface area contributed by atoms with Crippen molar-refractivity contribution in [1.82, 2.24) is 4.98 Å². The highest BCUT2D eigenvalue weighted by Crippen LogP contribution is 2.14. The predicted octanol–water partition coefficient (Wildman–Crippen LogP) is 1.95. The van der Waals surface area contributed by atoms with Gasteiger partial charge >= 0.3 is 5.97 Å². The molecule has 0 aliphatic rings. The number of methoxy groups -OCH3 is 1. The van der Waals surface area contributed by atoms with E-state index in [4.69, 9.17) is 0 Å². The molecule has 1 heterocycles. The molecule has 1 aromatic carbocycles. The fourth-order valence-electron chi connectivity index (χ4n) is 1.30. The average molecular weight is 174 g/mol. The summed E-state index contributed by atoms with van der Waals surface area (Å²) in [4.78, 5) is 14.2. The second kappa shape index (κ2) is 2.94. The topological polar surface area (TPSA) is 42.1 Å². The van der Waals surface area contributed by atoms with Crippen LogP contribution in [0.2, 0.25) is 0 Å². The number of aromatic amines is 1. The molecule has 2 rings (SSSR count). The summed E-state index contributed by atoms with van der Waals surface area (Å²) in [5.74, 6) is -0.303. The van der Waals surface area contributed by atoms with Gasteiger partial charge < -0.3 is 9.72 Å². The molecular weight excluding hydrogens is 165 g/mol. The molecule has 0 aliphatic heterocycles. The maximum absolute atomic E-state index is 11.1. The number of esters is 1. The molecule has 0 amide bonds. The Balaban J connectivity index is 2.54. The van der Waals surface area contributed by atoms with E-state index in [0.717, 1.165) is 10.9 Å². The molecule has 0 saturated carbocycles. The number of fused-ring (bicyclic) bond motifs is 1. The quantitative estimate of drug-likeness (QED) is 0.671. The van der Waals surface area contributed by atoms with E-state index in [1.165, 1.54) is 7.11 Å². The lowest BCUT2D eigenvalue weighted by Gasteiger charge is -1.98. The van der Waals surface area contributed by atoms with Crippen molar-refractivity contribution < 1.29 is 9.53 Å². The number of benzene rings is 1. The molecule has 13 heavy (non-hydrogen) atoms. The van der Waals surface area contributed by atoms with Gasteiger partial charge in [0.15, 0.2) is 0 Å². The van der Waals surface area contributed by atoms with Gasteiger partial charge in [-0.2, -0.15) is 0 Å². The predicted molar refractivity (Wildman–Crippen MR) is 49.6 cm³/mol. The summed E-state index contributed by atoms with van der Waals surface area (Å²) in [5.41, 5.74) is 1.60. The number of carbonyl (C=O) groups is 1. The van der Waals surface area contributed by atoms with E-state index >= 15 is 0 Å². The van der Waals surface area contributed by atoms with Crippen molar-refractivity contribution in [3.63, 3.8) is 0 Å². The van der Waals surface area contributed by atoms with Gasteiger partial charge in [0.25, 0.3) is 0 Å². The van der Waals surface area contributed by atoms with E-state index < -0.39 is 0 Å². The Hall–Kier alpha value is -1.77. The second-order valence-electron chi connectivity index (χ2n) is 2.77. The summed E-state index contributed by atoms with van der Waals surface area (Å²) < 4.78 is 4.61. The van der Waals surface area contributed by atoms with Crippen molar-refractivity contribution in [3.8, 4) is 0 Å². The smallest absolute Gasteiger partial charge is 0.337 e. The van der Waals surface area contributed by atoms with Gasteiger partial charge in [-0.05, 0) is 24.3 Å². The fraction of sp³-hybridized carbons (Fsp3) is 0.100. The number of hydrogen-bond acceptors (Lipinski definition) is 2. The lowest BCUT2D eigenvalue weighted by molar-refractivity contribution is 0.0601. The minimum absolute atomic E-state index is 0.303. The van der Waals surface area contributed by atoms with Gasteiger partial charge in [0.2, 0.25) is 0 Å². The van der Waals surface area contributed by atoms with Crippen LogP contribution in [0, 0.1) is 0 Å². The van der Waals surface area contributed by atoms with Crippen molar-refractivity contribution >= 4 is 16.9 Å². The summed E-state index contributed by atoms with van der Waals surface area (Å²) in [6.45, 7) is 0. The number of nitrogens with one attached hydrogen (secondary N) is 1. The van der Waals surface area contributed by atoms with Crippen LogP contribution >= 0.6 is 0 Å². The van der Waals surface area contributed by atoms with Crippen LogP contribution in [0.4, 0.5) is 0 Å². The number of rotatable bonds is 1. The van der Waals surface area contributed by atoms with Crippen LogP contribution in [0.1, 0.15) is 10.4 Å². The van der Waals surface area contributed by atoms with Crippen LogP contribution in [0.5, 0.6) is 0 Å². The van der Waals surface area contributed by atoms with Gasteiger partial charge in [-0.1, -0.05) is 0 Å². The van der Waals surface area contributed by atoms with E-state index in [0.29, 0.717) is 5.56 Å².